The molecule has 106 valence electrons. The predicted molar refractivity (Wildman–Crippen MR) is 69.5 cm³/mol. The monoisotopic (exact) mass is 278 g/mol. The van der Waals surface area contributed by atoms with E-state index in [0.717, 1.165) is 0 Å². The number of halogens is 1. The van der Waals surface area contributed by atoms with E-state index < -0.39 is 11.9 Å². The summed E-state index contributed by atoms with van der Waals surface area (Å²) in [7, 11) is 0. The van der Waals surface area contributed by atoms with Gasteiger partial charge in [-0.05, 0) is 44.5 Å². The average Bonchev–Trinajstić information content (AvgIpc) is 2.91. The highest BCUT2D eigenvalue weighted by Crippen LogP contribution is 2.22. The lowest BCUT2D eigenvalue weighted by molar-refractivity contribution is -0.145. The van der Waals surface area contributed by atoms with Crippen molar-refractivity contribution in [2.45, 2.75) is 26.7 Å². The van der Waals surface area contributed by atoms with Crippen LogP contribution in [-0.2, 0) is 9.53 Å². The minimum atomic E-state index is -0.627. The Kier molecular flexibility index (Phi) is 4.12. The van der Waals surface area contributed by atoms with E-state index in [4.69, 9.17) is 9.26 Å². The van der Waals surface area contributed by atoms with Crippen LogP contribution in [0.25, 0.3) is 11.4 Å². The molecule has 6 heteroatoms. The van der Waals surface area contributed by atoms with E-state index in [1.54, 1.807) is 32.9 Å². The number of esters is 1. The van der Waals surface area contributed by atoms with Crippen LogP contribution in [-0.4, -0.2) is 22.7 Å². The summed E-state index contributed by atoms with van der Waals surface area (Å²) in [6.45, 7) is 5.30. The lowest BCUT2D eigenvalue weighted by Crippen LogP contribution is -2.13. The molecule has 1 heterocycles. The second-order valence-corrected chi connectivity index (χ2v) is 4.39. The van der Waals surface area contributed by atoms with Crippen molar-refractivity contribution in [3.8, 4) is 11.4 Å². The smallest absolute Gasteiger partial charge is 0.318 e. The number of hydrogen-bond acceptors (Lipinski definition) is 5. The summed E-state index contributed by atoms with van der Waals surface area (Å²) in [5.74, 6) is -0.840. The third-order valence-electron chi connectivity index (χ3n) is 2.87. The van der Waals surface area contributed by atoms with Gasteiger partial charge in [-0.3, -0.25) is 4.79 Å². The van der Waals surface area contributed by atoms with Crippen LogP contribution < -0.4 is 0 Å². The molecule has 2 rings (SSSR count). The number of benzene rings is 1. The Morgan fingerprint density at radius 3 is 2.90 bits per heavy atom. The van der Waals surface area contributed by atoms with Crippen LogP contribution in [0, 0.1) is 12.7 Å². The van der Waals surface area contributed by atoms with Crippen LogP contribution in [0.4, 0.5) is 4.39 Å². The molecular formula is C14H15FN2O3. The van der Waals surface area contributed by atoms with Crippen molar-refractivity contribution in [3.05, 3.63) is 35.5 Å². The fourth-order valence-electron chi connectivity index (χ4n) is 1.68. The van der Waals surface area contributed by atoms with Gasteiger partial charge in [0.1, 0.15) is 11.7 Å². The van der Waals surface area contributed by atoms with Crippen molar-refractivity contribution in [1.29, 1.82) is 0 Å². The van der Waals surface area contributed by atoms with Crippen molar-refractivity contribution in [3.63, 3.8) is 0 Å². The van der Waals surface area contributed by atoms with Gasteiger partial charge in [0.2, 0.25) is 11.7 Å². The summed E-state index contributed by atoms with van der Waals surface area (Å²) in [4.78, 5) is 15.7. The number of carbonyl (C=O) groups is 1. The Balaban J connectivity index is 2.24. The lowest BCUT2D eigenvalue weighted by Gasteiger charge is -2.04. The predicted octanol–water partition coefficient (Wildman–Crippen LogP) is 2.85. The zero-order valence-electron chi connectivity index (χ0n) is 11.5. The number of hydrogen-bond donors (Lipinski definition) is 0. The number of aromatic nitrogens is 2. The van der Waals surface area contributed by atoms with Crippen LogP contribution >= 0.6 is 0 Å². The number of aryl methyl sites for hydroxylation is 1. The highest BCUT2D eigenvalue weighted by atomic mass is 19.1. The Labute approximate surface area is 115 Å². The van der Waals surface area contributed by atoms with E-state index in [-0.39, 0.29) is 11.7 Å². The first-order valence-electron chi connectivity index (χ1n) is 6.29. The van der Waals surface area contributed by atoms with Gasteiger partial charge in [-0.25, -0.2) is 4.39 Å². The third kappa shape index (κ3) is 2.84. The average molecular weight is 278 g/mol. The molecule has 0 amide bonds. The first kappa shape index (κ1) is 14.2. The van der Waals surface area contributed by atoms with Crippen molar-refractivity contribution in [2.75, 3.05) is 6.61 Å². The highest BCUT2D eigenvalue weighted by Gasteiger charge is 2.23. The van der Waals surface area contributed by atoms with E-state index in [2.05, 4.69) is 10.1 Å². The van der Waals surface area contributed by atoms with E-state index in [0.29, 0.717) is 23.6 Å². The van der Waals surface area contributed by atoms with Crippen molar-refractivity contribution >= 4 is 5.97 Å². The van der Waals surface area contributed by atoms with Gasteiger partial charge >= 0.3 is 5.97 Å². The van der Waals surface area contributed by atoms with Gasteiger partial charge in [-0.2, -0.15) is 4.98 Å². The molecule has 0 saturated heterocycles. The standard InChI is InChI=1S/C14H15FN2O3/c1-4-19-14(18)9(3)13-16-12(17-20-13)10-5-6-11(15)8(2)7-10/h5-7,9H,4H2,1-3H3. The molecule has 1 aromatic carbocycles. The first-order chi connectivity index (χ1) is 9.52. The quantitative estimate of drug-likeness (QED) is 0.804. The van der Waals surface area contributed by atoms with Gasteiger partial charge in [0.25, 0.3) is 0 Å². The SMILES string of the molecule is CCOC(=O)C(C)c1nc(-c2ccc(F)c(C)c2)no1. The van der Waals surface area contributed by atoms with Crippen LogP contribution in [0.15, 0.2) is 22.7 Å². The van der Waals surface area contributed by atoms with E-state index >= 15 is 0 Å². The summed E-state index contributed by atoms with van der Waals surface area (Å²) in [5, 5.41) is 3.80. The van der Waals surface area contributed by atoms with Crippen LogP contribution in [0.2, 0.25) is 0 Å². The fraction of sp³-hybridized carbons (Fsp3) is 0.357. The number of ether oxygens (including phenoxy) is 1. The number of carbonyl (C=O) groups excluding carboxylic acids is 1. The van der Waals surface area contributed by atoms with Gasteiger partial charge in [-0.1, -0.05) is 5.16 Å². The van der Waals surface area contributed by atoms with Crippen molar-refractivity contribution in [2.24, 2.45) is 0 Å². The zero-order chi connectivity index (χ0) is 14.7. The molecule has 20 heavy (non-hydrogen) atoms. The molecule has 2 aromatic rings. The molecule has 0 aliphatic heterocycles. The maximum absolute atomic E-state index is 13.2. The normalized spacial score (nSPS) is 12.2. The molecule has 0 saturated carbocycles. The zero-order valence-corrected chi connectivity index (χ0v) is 11.5. The summed E-state index contributed by atoms with van der Waals surface area (Å²) >= 11 is 0. The minimum absolute atomic E-state index is 0.181. The molecule has 0 aliphatic rings. The maximum Gasteiger partial charge on any atom is 0.318 e. The van der Waals surface area contributed by atoms with E-state index in [1.807, 2.05) is 0 Å². The summed E-state index contributed by atoms with van der Waals surface area (Å²) in [6, 6.07) is 4.53. The second-order valence-electron chi connectivity index (χ2n) is 4.39. The van der Waals surface area contributed by atoms with E-state index in [9.17, 15) is 9.18 Å². The lowest BCUT2D eigenvalue weighted by atomic mass is 10.1. The Morgan fingerprint density at radius 1 is 1.50 bits per heavy atom. The molecule has 0 bridgehead atoms. The van der Waals surface area contributed by atoms with Gasteiger partial charge in [0.05, 0.1) is 6.61 Å². The van der Waals surface area contributed by atoms with Gasteiger partial charge < -0.3 is 9.26 Å². The molecule has 1 unspecified atom stereocenters. The molecule has 1 atom stereocenters. The Morgan fingerprint density at radius 2 is 2.25 bits per heavy atom. The second kappa shape index (κ2) is 5.81. The van der Waals surface area contributed by atoms with Gasteiger partial charge in [0, 0.05) is 5.56 Å². The van der Waals surface area contributed by atoms with Crippen LogP contribution in [0.5, 0.6) is 0 Å². The van der Waals surface area contributed by atoms with Gasteiger partial charge in [-0.15, -0.1) is 0 Å². The molecular weight excluding hydrogens is 263 g/mol. The summed E-state index contributed by atoms with van der Waals surface area (Å²) in [5.41, 5.74) is 1.13. The molecule has 5 nitrogen and oxygen atoms in total. The molecule has 0 N–H and O–H groups in total. The molecule has 1 aromatic heterocycles. The van der Waals surface area contributed by atoms with Crippen molar-refractivity contribution < 1.29 is 18.4 Å². The fourth-order valence-corrected chi connectivity index (χ4v) is 1.68. The molecule has 0 spiro atoms. The summed E-state index contributed by atoms with van der Waals surface area (Å²) < 4.78 is 23.2. The molecule has 0 radical (unpaired) electrons. The molecule has 0 fully saturated rings. The minimum Gasteiger partial charge on any atom is -0.465 e. The van der Waals surface area contributed by atoms with Crippen molar-refractivity contribution in [1.82, 2.24) is 10.1 Å². The topological polar surface area (TPSA) is 65.2 Å². The Hall–Kier alpha value is -2.24. The van der Waals surface area contributed by atoms with Crippen LogP contribution in [0.1, 0.15) is 31.2 Å². The highest BCUT2D eigenvalue weighted by molar-refractivity contribution is 5.76. The largest absolute Gasteiger partial charge is 0.465 e. The number of nitrogens with zero attached hydrogens (tertiary/aromatic N) is 2. The molecule has 0 aliphatic carbocycles. The van der Waals surface area contributed by atoms with E-state index in [1.165, 1.54) is 6.07 Å². The maximum atomic E-state index is 13.2. The number of rotatable bonds is 4. The first-order valence-corrected chi connectivity index (χ1v) is 6.29. The third-order valence-corrected chi connectivity index (χ3v) is 2.87. The Bertz CT molecular complexity index is 625. The summed E-state index contributed by atoms with van der Waals surface area (Å²) in [6.07, 6.45) is 0. The van der Waals surface area contributed by atoms with Gasteiger partial charge in [0.15, 0.2) is 0 Å². The van der Waals surface area contributed by atoms with Crippen LogP contribution in [0.3, 0.4) is 0 Å².